The van der Waals surface area contributed by atoms with E-state index in [1.54, 1.807) is 25.1 Å². The van der Waals surface area contributed by atoms with Crippen LogP contribution in [0.2, 0.25) is 0 Å². The summed E-state index contributed by atoms with van der Waals surface area (Å²) in [5, 5.41) is 12.3. The summed E-state index contributed by atoms with van der Waals surface area (Å²) in [6.45, 7) is 6.01. The summed E-state index contributed by atoms with van der Waals surface area (Å²) in [4.78, 5) is 4.42. The van der Waals surface area contributed by atoms with Gasteiger partial charge in [0.15, 0.2) is 17.7 Å². The molecule has 4 rings (SSSR count). The molecule has 0 aliphatic rings. The predicted molar refractivity (Wildman–Crippen MR) is 113 cm³/mol. The SMILES string of the molecule is CC(C)c1ccc(-c2noc(CSc3nnc(C(C)Oc4ccccc4F)o3)n2)cc1. The van der Waals surface area contributed by atoms with Crippen molar-refractivity contribution >= 4 is 11.8 Å². The fourth-order valence-electron chi connectivity index (χ4n) is 2.80. The maximum absolute atomic E-state index is 13.7. The maximum atomic E-state index is 13.7. The Labute approximate surface area is 183 Å². The minimum absolute atomic E-state index is 0.127. The molecule has 2 heterocycles. The normalized spacial score (nSPS) is 12.3. The van der Waals surface area contributed by atoms with E-state index >= 15 is 0 Å². The van der Waals surface area contributed by atoms with Crippen LogP contribution in [0.5, 0.6) is 5.75 Å². The molecule has 0 radical (unpaired) electrons. The first kappa shape index (κ1) is 21.0. The third kappa shape index (κ3) is 5.11. The first-order chi connectivity index (χ1) is 15.0. The van der Waals surface area contributed by atoms with Crippen LogP contribution in [0.3, 0.4) is 0 Å². The first-order valence-corrected chi connectivity index (χ1v) is 10.8. The Hall–Kier alpha value is -3.20. The van der Waals surface area contributed by atoms with Crippen LogP contribution in [0.4, 0.5) is 4.39 Å². The third-order valence-corrected chi connectivity index (χ3v) is 5.34. The van der Waals surface area contributed by atoms with Gasteiger partial charge in [0, 0.05) is 5.56 Å². The molecular formula is C22H21FN4O3S. The van der Waals surface area contributed by atoms with E-state index in [4.69, 9.17) is 13.7 Å². The zero-order valence-electron chi connectivity index (χ0n) is 17.3. The molecule has 2 aromatic heterocycles. The van der Waals surface area contributed by atoms with Crippen LogP contribution in [0.25, 0.3) is 11.4 Å². The molecule has 0 aliphatic heterocycles. The number of rotatable bonds is 8. The number of hydrogen-bond donors (Lipinski definition) is 0. The van der Waals surface area contributed by atoms with Crippen molar-refractivity contribution in [2.75, 3.05) is 0 Å². The van der Waals surface area contributed by atoms with Gasteiger partial charge < -0.3 is 13.7 Å². The van der Waals surface area contributed by atoms with E-state index in [9.17, 15) is 4.39 Å². The average Bonchev–Trinajstić information content (AvgIpc) is 3.44. The van der Waals surface area contributed by atoms with Gasteiger partial charge in [-0.25, -0.2) is 4.39 Å². The van der Waals surface area contributed by atoms with E-state index in [0.29, 0.717) is 28.6 Å². The van der Waals surface area contributed by atoms with Crippen LogP contribution in [-0.2, 0) is 5.75 Å². The molecule has 0 aliphatic carbocycles. The van der Waals surface area contributed by atoms with E-state index in [-0.39, 0.29) is 11.6 Å². The van der Waals surface area contributed by atoms with E-state index < -0.39 is 11.9 Å². The molecular weight excluding hydrogens is 419 g/mol. The second-order valence-electron chi connectivity index (χ2n) is 7.17. The number of benzene rings is 2. The molecule has 2 aromatic carbocycles. The Bertz CT molecular complexity index is 1140. The Morgan fingerprint density at radius 2 is 1.81 bits per heavy atom. The minimum Gasteiger partial charge on any atom is -0.478 e. The van der Waals surface area contributed by atoms with Crippen molar-refractivity contribution in [3.8, 4) is 17.1 Å². The fraction of sp³-hybridized carbons (Fsp3) is 0.273. The molecule has 0 saturated heterocycles. The quantitative estimate of drug-likeness (QED) is 0.317. The Morgan fingerprint density at radius 3 is 2.55 bits per heavy atom. The lowest BCUT2D eigenvalue weighted by atomic mass is 10.0. The van der Waals surface area contributed by atoms with E-state index in [0.717, 1.165) is 5.56 Å². The van der Waals surface area contributed by atoms with Crippen LogP contribution >= 0.6 is 11.8 Å². The number of hydrogen-bond acceptors (Lipinski definition) is 8. The molecule has 7 nitrogen and oxygen atoms in total. The topological polar surface area (TPSA) is 87.1 Å². The molecule has 1 unspecified atom stereocenters. The number of thioether (sulfide) groups is 1. The highest BCUT2D eigenvalue weighted by Gasteiger charge is 2.18. The van der Waals surface area contributed by atoms with Gasteiger partial charge in [-0.05, 0) is 30.5 Å². The van der Waals surface area contributed by atoms with Gasteiger partial charge in [0.05, 0.1) is 5.75 Å². The van der Waals surface area contributed by atoms with Crippen LogP contribution in [0, 0.1) is 5.82 Å². The smallest absolute Gasteiger partial charge is 0.277 e. The van der Waals surface area contributed by atoms with Crippen LogP contribution in [0.1, 0.15) is 50.1 Å². The summed E-state index contributed by atoms with van der Waals surface area (Å²) in [7, 11) is 0. The van der Waals surface area contributed by atoms with Crippen molar-refractivity contribution in [1.29, 1.82) is 0 Å². The standard InChI is InChI=1S/C22H21FN4O3S/c1-13(2)15-8-10-16(11-9-15)20-24-19(30-27-20)12-31-22-26-25-21(29-22)14(3)28-18-7-5-4-6-17(18)23/h4-11,13-14H,12H2,1-3H3. The van der Waals surface area contributed by atoms with Gasteiger partial charge in [0.1, 0.15) is 0 Å². The van der Waals surface area contributed by atoms with E-state index in [2.05, 4.69) is 46.3 Å². The largest absolute Gasteiger partial charge is 0.478 e. The lowest BCUT2D eigenvalue weighted by Crippen LogP contribution is -2.04. The molecule has 0 amide bonds. The van der Waals surface area contributed by atoms with Gasteiger partial charge >= 0.3 is 0 Å². The maximum Gasteiger partial charge on any atom is 0.277 e. The second-order valence-corrected chi connectivity index (χ2v) is 8.10. The van der Waals surface area contributed by atoms with Crippen molar-refractivity contribution < 1.29 is 18.1 Å². The number of nitrogens with zero attached hydrogens (tertiary/aromatic N) is 4. The number of aromatic nitrogens is 4. The molecule has 0 saturated carbocycles. The molecule has 0 fully saturated rings. The zero-order chi connectivity index (χ0) is 21.8. The molecule has 31 heavy (non-hydrogen) atoms. The number of ether oxygens (including phenoxy) is 1. The highest BCUT2D eigenvalue weighted by atomic mass is 32.2. The summed E-state index contributed by atoms with van der Waals surface area (Å²) in [5.41, 5.74) is 2.15. The summed E-state index contributed by atoms with van der Waals surface area (Å²) in [6.07, 6.45) is -0.595. The Kier molecular flexibility index (Phi) is 6.31. The van der Waals surface area contributed by atoms with Gasteiger partial charge in [0.2, 0.25) is 11.7 Å². The Morgan fingerprint density at radius 1 is 1.03 bits per heavy atom. The van der Waals surface area contributed by atoms with Crippen molar-refractivity contribution in [2.24, 2.45) is 0 Å². The molecule has 0 N–H and O–H groups in total. The Balaban J connectivity index is 1.35. The monoisotopic (exact) mass is 440 g/mol. The third-order valence-electron chi connectivity index (χ3n) is 4.53. The lowest BCUT2D eigenvalue weighted by Gasteiger charge is -2.11. The minimum atomic E-state index is -0.595. The highest BCUT2D eigenvalue weighted by Crippen LogP contribution is 2.27. The molecule has 0 spiro atoms. The van der Waals surface area contributed by atoms with Crippen LogP contribution < -0.4 is 4.74 Å². The first-order valence-electron chi connectivity index (χ1n) is 9.80. The lowest BCUT2D eigenvalue weighted by molar-refractivity contribution is 0.174. The molecule has 160 valence electrons. The second kappa shape index (κ2) is 9.30. The van der Waals surface area contributed by atoms with Crippen LogP contribution in [-0.4, -0.2) is 20.3 Å². The van der Waals surface area contributed by atoms with Gasteiger partial charge in [0.25, 0.3) is 11.1 Å². The van der Waals surface area contributed by atoms with Gasteiger partial charge in [-0.1, -0.05) is 67.2 Å². The zero-order valence-corrected chi connectivity index (χ0v) is 18.1. The van der Waals surface area contributed by atoms with Crippen molar-refractivity contribution in [3.63, 3.8) is 0 Å². The molecule has 4 aromatic rings. The van der Waals surface area contributed by atoms with Crippen molar-refractivity contribution in [1.82, 2.24) is 20.3 Å². The van der Waals surface area contributed by atoms with E-state index in [1.165, 1.54) is 23.4 Å². The van der Waals surface area contributed by atoms with E-state index in [1.807, 2.05) is 12.1 Å². The van der Waals surface area contributed by atoms with Gasteiger partial charge in [-0.3, -0.25) is 0 Å². The van der Waals surface area contributed by atoms with Crippen LogP contribution in [0.15, 0.2) is 62.7 Å². The summed E-state index contributed by atoms with van der Waals surface area (Å²) >= 11 is 1.27. The summed E-state index contributed by atoms with van der Waals surface area (Å²) < 4.78 is 30.2. The van der Waals surface area contributed by atoms with Crippen molar-refractivity contribution in [3.05, 3.63) is 71.7 Å². The van der Waals surface area contributed by atoms with Crippen molar-refractivity contribution in [2.45, 2.75) is 43.8 Å². The highest BCUT2D eigenvalue weighted by molar-refractivity contribution is 7.98. The average molecular weight is 441 g/mol. The predicted octanol–water partition coefficient (Wildman–Crippen LogP) is 5.81. The number of halogens is 1. The molecule has 1 atom stereocenters. The van der Waals surface area contributed by atoms with Gasteiger partial charge in [-0.2, -0.15) is 4.98 Å². The summed E-state index contributed by atoms with van der Waals surface area (Å²) in [6, 6.07) is 14.3. The van der Waals surface area contributed by atoms with Gasteiger partial charge in [-0.15, -0.1) is 10.2 Å². The fourth-order valence-corrected chi connectivity index (χ4v) is 3.40. The number of para-hydroxylation sites is 1. The summed E-state index contributed by atoms with van der Waals surface area (Å²) in [5.74, 6) is 1.75. The molecule has 0 bridgehead atoms. The molecule has 9 heteroatoms.